The Morgan fingerprint density at radius 1 is 1.13 bits per heavy atom. The Kier molecular flexibility index (Phi) is 6.06. The van der Waals surface area contributed by atoms with E-state index in [2.05, 4.69) is 44.4 Å². The van der Waals surface area contributed by atoms with E-state index in [0.29, 0.717) is 36.1 Å². The van der Waals surface area contributed by atoms with Crippen LogP contribution in [0, 0.1) is 0 Å². The van der Waals surface area contributed by atoms with Crippen LogP contribution in [-0.2, 0) is 6.42 Å². The molecule has 1 atom stereocenters. The first-order valence-electron chi connectivity index (χ1n) is 9.66. The summed E-state index contributed by atoms with van der Waals surface area (Å²) < 4.78 is 13.7. The van der Waals surface area contributed by atoms with Crippen LogP contribution in [0.25, 0.3) is 5.70 Å². The van der Waals surface area contributed by atoms with Crippen molar-refractivity contribution in [3.63, 3.8) is 0 Å². The van der Waals surface area contributed by atoms with Crippen LogP contribution < -0.4 is 14.8 Å². The Morgan fingerprint density at radius 3 is 2.70 bits per heavy atom. The summed E-state index contributed by atoms with van der Waals surface area (Å²) in [5, 5.41) is 17.2. The molecule has 1 aromatic heterocycles. The molecule has 4 rings (SSSR count). The Labute approximate surface area is 183 Å². The zero-order valence-corrected chi connectivity index (χ0v) is 18.4. The Balaban J connectivity index is 1.78. The number of nitrogens with zero attached hydrogens (tertiary/aromatic N) is 3. The van der Waals surface area contributed by atoms with Gasteiger partial charge < -0.3 is 19.9 Å². The number of fused-ring (bicyclic) bond motifs is 1. The number of aryl methyl sites for hydroxylation is 1. The number of nitrogens with one attached hydrogen (secondary N) is 1. The van der Waals surface area contributed by atoms with Gasteiger partial charge in [0.2, 0.25) is 5.95 Å². The minimum Gasteiger partial charge on any atom is -0.493 e. The number of anilines is 1. The van der Waals surface area contributed by atoms with Gasteiger partial charge in [-0.05, 0) is 48.4 Å². The topological polar surface area (TPSA) is 81.4 Å². The Hall–Kier alpha value is -2.84. The molecule has 0 spiro atoms. The molecule has 8 heteroatoms. The molecule has 2 N–H and O–H groups in total. The number of allylic oxidation sites excluding steroid dienone is 1. The normalized spacial score (nSPS) is 15.2. The molecule has 30 heavy (non-hydrogen) atoms. The number of methoxy groups -OCH3 is 2. The van der Waals surface area contributed by atoms with Crippen LogP contribution in [0.5, 0.6) is 11.5 Å². The van der Waals surface area contributed by atoms with Gasteiger partial charge in [0.1, 0.15) is 6.04 Å². The monoisotopic (exact) mass is 470 g/mol. The molecule has 0 saturated heterocycles. The maximum atomic E-state index is 9.16. The minimum absolute atomic E-state index is 0.113. The van der Waals surface area contributed by atoms with Crippen molar-refractivity contribution in [3.05, 3.63) is 70.0 Å². The van der Waals surface area contributed by atoms with Crippen LogP contribution >= 0.6 is 15.9 Å². The van der Waals surface area contributed by atoms with E-state index in [4.69, 9.17) is 19.7 Å². The van der Waals surface area contributed by atoms with Gasteiger partial charge in [-0.3, -0.25) is 0 Å². The fourth-order valence-electron chi connectivity index (χ4n) is 3.48. The molecule has 156 valence electrons. The Bertz CT molecular complexity index is 1080. The van der Waals surface area contributed by atoms with E-state index >= 15 is 0 Å². The van der Waals surface area contributed by atoms with Crippen molar-refractivity contribution >= 4 is 27.6 Å². The molecule has 0 unspecified atom stereocenters. The smallest absolute Gasteiger partial charge is 0.226 e. The molecular weight excluding hydrogens is 448 g/mol. The average Bonchev–Trinajstić information content (AvgIpc) is 3.19. The van der Waals surface area contributed by atoms with E-state index in [1.54, 1.807) is 14.2 Å². The summed E-state index contributed by atoms with van der Waals surface area (Å²) in [6, 6.07) is 13.8. The van der Waals surface area contributed by atoms with Crippen molar-refractivity contribution in [2.24, 2.45) is 0 Å². The van der Waals surface area contributed by atoms with Crippen molar-refractivity contribution < 1.29 is 14.6 Å². The van der Waals surface area contributed by atoms with Gasteiger partial charge in [0.15, 0.2) is 17.3 Å². The Morgan fingerprint density at radius 2 is 1.97 bits per heavy atom. The molecule has 1 aliphatic rings. The first-order chi connectivity index (χ1) is 14.6. The SMILES string of the molecule is COc1ccc(C2=C[C@H](c3cccc(Br)c3)n3nc(CCCO)nc3N2)cc1OC. The highest BCUT2D eigenvalue weighted by molar-refractivity contribution is 9.10. The number of aliphatic hydroxyl groups excluding tert-OH is 1. The predicted octanol–water partition coefficient (Wildman–Crippen LogP) is 4.04. The highest BCUT2D eigenvalue weighted by Gasteiger charge is 2.25. The van der Waals surface area contributed by atoms with E-state index in [-0.39, 0.29) is 12.6 Å². The van der Waals surface area contributed by atoms with Crippen molar-refractivity contribution in [1.29, 1.82) is 0 Å². The number of aliphatic hydroxyl groups is 1. The van der Waals surface area contributed by atoms with Gasteiger partial charge in [-0.2, -0.15) is 10.1 Å². The van der Waals surface area contributed by atoms with E-state index in [1.165, 1.54) is 0 Å². The van der Waals surface area contributed by atoms with Crippen LogP contribution in [0.2, 0.25) is 0 Å². The van der Waals surface area contributed by atoms with E-state index in [1.807, 2.05) is 35.0 Å². The van der Waals surface area contributed by atoms with Gasteiger partial charge in [0.25, 0.3) is 0 Å². The van der Waals surface area contributed by atoms with Crippen LogP contribution in [0.1, 0.15) is 29.4 Å². The molecule has 3 aromatic rings. The lowest BCUT2D eigenvalue weighted by atomic mass is 10.0. The summed E-state index contributed by atoms with van der Waals surface area (Å²) in [4.78, 5) is 4.66. The van der Waals surface area contributed by atoms with Crippen molar-refractivity contribution in [2.75, 3.05) is 26.1 Å². The second-order valence-electron chi connectivity index (χ2n) is 6.90. The van der Waals surface area contributed by atoms with Gasteiger partial charge in [0.05, 0.1) is 14.2 Å². The maximum Gasteiger partial charge on any atom is 0.226 e. The number of ether oxygens (including phenoxy) is 2. The van der Waals surface area contributed by atoms with Crippen LogP contribution in [-0.4, -0.2) is 40.7 Å². The third-order valence-electron chi connectivity index (χ3n) is 4.95. The molecule has 0 bridgehead atoms. The highest BCUT2D eigenvalue weighted by atomic mass is 79.9. The lowest BCUT2D eigenvalue weighted by Crippen LogP contribution is -2.20. The molecule has 0 amide bonds. The average molecular weight is 471 g/mol. The molecule has 2 aromatic carbocycles. The summed E-state index contributed by atoms with van der Waals surface area (Å²) in [5.74, 6) is 2.71. The zero-order valence-electron chi connectivity index (χ0n) is 16.8. The first-order valence-corrected chi connectivity index (χ1v) is 10.4. The standard InChI is InChI=1S/C22H23BrN4O3/c1-29-19-9-8-14(12-20(19)30-2)17-13-18(15-5-3-6-16(23)11-15)27-22(24-17)25-21(26-27)7-4-10-28/h3,5-6,8-9,11-13,18,28H,4,7,10H2,1-2H3,(H,24,25,26)/t18-/m1/s1. The molecule has 7 nitrogen and oxygen atoms in total. The van der Waals surface area contributed by atoms with Gasteiger partial charge in [-0.25, -0.2) is 4.68 Å². The zero-order chi connectivity index (χ0) is 21.1. The van der Waals surface area contributed by atoms with Crippen molar-refractivity contribution in [2.45, 2.75) is 18.9 Å². The second-order valence-corrected chi connectivity index (χ2v) is 7.81. The lowest BCUT2D eigenvalue weighted by molar-refractivity contribution is 0.287. The number of halogens is 1. The largest absolute Gasteiger partial charge is 0.493 e. The molecule has 0 fully saturated rings. The molecular formula is C22H23BrN4O3. The third-order valence-corrected chi connectivity index (χ3v) is 5.45. The predicted molar refractivity (Wildman–Crippen MR) is 119 cm³/mol. The number of rotatable bonds is 7. The quantitative estimate of drug-likeness (QED) is 0.542. The van der Waals surface area contributed by atoms with E-state index < -0.39 is 0 Å². The van der Waals surface area contributed by atoms with E-state index in [0.717, 1.165) is 21.3 Å². The molecule has 0 aliphatic carbocycles. The van der Waals surface area contributed by atoms with Gasteiger partial charge in [-0.15, -0.1) is 0 Å². The minimum atomic E-state index is -0.128. The number of hydrogen-bond donors (Lipinski definition) is 2. The molecule has 0 saturated carbocycles. The fourth-order valence-corrected chi connectivity index (χ4v) is 3.90. The van der Waals surface area contributed by atoms with Crippen LogP contribution in [0.4, 0.5) is 5.95 Å². The van der Waals surface area contributed by atoms with E-state index in [9.17, 15) is 0 Å². The highest BCUT2D eigenvalue weighted by Crippen LogP contribution is 2.36. The molecule has 1 aliphatic heterocycles. The summed E-state index contributed by atoms with van der Waals surface area (Å²) in [6.07, 6.45) is 3.37. The van der Waals surface area contributed by atoms with Gasteiger partial charge in [-0.1, -0.05) is 28.1 Å². The molecule has 2 heterocycles. The first kappa shape index (κ1) is 20.4. The fraction of sp³-hybridized carbons (Fsp3) is 0.273. The summed E-state index contributed by atoms with van der Waals surface area (Å²) in [5.41, 5.74) is 2.96. The van der Waals surface area contributed by atoms with Gasteiger partial charge in [0, 0.05) is 28.8 Å². The number of aromatic nitrogens is 3. The summed E-state index contributed by atoms with van der Waals surface area (Å²) >= 11 is 3.56. The number of benzene rings is 2. The maximum absolute atomic E-state index is 9.16. The second kappa shape index (κ2) is 8.89. The van der Waals surface area contributed by atoms with Crippen LogP contribution in [0.15, 0.2) is 53.0 Å². The lowest BCUT2D eigenvalue weighted by Gasteiger charge is -2.25. The number of hydrogen-bond acceptors (Lipinski definition) is 6. The van der Waals surface area contributed by atoms with Gasteiger partial charge >= 0.3 is 0 Å². The summed E-state index contributed by atoms with van der Waals surface area (Å²) in [7, 11) is 3.24. The summed E-state index contributed by atoms with van der Waals surface area (Å²) in [6.45, 7) is 0.113. The molecule has 0 radical (unpaired) electrons. The van der Waals surface area contributed by atoms with Crippen molar-refractivity contribution in [3.8, 4) is 11.5 Å². The van der Waals surface area contributed by atoms with Crippen molar-refractivity contribution in [1.82, 2.24) is 14.8 Å². The van der Waals surface area contributed by atoms with Crippen LogP contribution in [0.3, 0.4) is 0 Å². The third kappa shape index (κ3) is 4.06.